The Kier molecular flexibility index (Phi) is 6.91. The fraction of sp³-hybridized carbons (Fsp3) is 0.400. The molecular formula is C15H17Cl2N3O3S. The van der Waals surface area contributed by atoms with Crippen molar-refractivity contribution in [1.29, 1.82) is 0 Å². The van der Waals surface area contributed by atoms with Crippen LogP contribution in [0.2, 0.25) is 10.0 Å². The zero-order valence-corrected chi connectivity index (χ0v) is 15.5. The second-order valence-corrected chi connectivity index (χ2v) is 7.31. The van der Waals surface area contributed by atoms with Gasteiger partial charge in [-0.2, -0.15) is 0 Å². The fourth-order valence-electron chi connectivity index (χ4n) is 2.09. The van der Waals surface area contributed by atoms with Crippen molar-refractivity contribution in [1.82, 2.24) is 5.32 Å². The number of thioether (sulfide) groups is 1. The summed E-state index contributed by atoms with van der Waals surface area (Å²) in [5.41, 5.74) is 0.489. The first-order chi connectivity index (χ1) is 11.4. The first-order valence-corrected chi connectivity index (χ1v) is 8.81. The maximum Gasteiger partial charge on any atom is 0.240 e. The quantitative estimate of drug-likeness (QED) is 0.783. The summed E-state index contributed by atoms with van der Waals surface area (Å²) in [7, 11) is 1.59. The van der Waals surface area contributed by atoms with Crippen LogP contribution < -0.4 is 10.6 Å². The van der Waals surface area contributed by atoms with Crippen molar-refractivity contribution in [3.05, 3.63) is 28.2 Å². The zero-order chi connectivity index (χ0) is 17.7. The van der Waals surface area contributed by atoms with Crippen molar-refractivity contribution in [2.75, 3.05) is 19.0 Å². The minimum Gasteiger partial charge on any atom is -0.382 e. The topological polar surface area (TPSA) is 79.8 Å². The number of hydrogen-bond acceptors (Lipinski definition) is 5. The molecule has 1 heterocycles. The van der Waals surface area contributed by atoms with Gasteiger partial charge in [0.2, 0.25) is 11.8 Å². The molecule has 6 nitrogen and oxygen atoms in total. The number of benzene rings is 1. The number of methoxy groups -OCH3 is 1. The Morgan fingerprint density at radius 2 is 2.08 bits per heavy atom. The Morgan fingerprint density at radius 3 is 2.71 bits per heavy atom. The van der Waals surface area contributed by atoms with Gasteiger partial charge in [0.05, 0.1) is 12.6 Å². The number of hydrogen-bond donors (Lipinski definition) is 2. The summed E-state index contributed by atoms with van der Waals surface area (Å²) in [4.78, 5) is 28.4. The van der Waals surface area contributed by atoms with Gasteiger partial charge in [0, 0.05) is 29.3 Å². The maximum atomic E-state index is 12.1. The number of ether oxygens (including phenoxy) is 1. The van der Waals surface area contributed by atoms with Crippen molar-refractivity contribution in [2.24, 2.45) is 4.99 Å². The van der Waals surface area contributed by atoms with E-state index in [4.69, 9.17) is 27.9 Å². The normalized spacial score (nSPS) is 20.1. The highest BCUT2D eigenvalue weighted by atomic mass is 35.5. The highest BCUT2D eigenvalue weighted by Crippen LogP contribution is 2.25. The standard InChI is InChI=1S/C15H17Cl2N3O3S/c1-8(7-23-2)18-15-20-14(22)12(24-15)6-13(21)19-11-4-9(16)3-10(17)5-11/h3-5,8,12H,6-7H2,1-2H3,(H,19,21)(H,18,20,22). The molecule has 2 amide bonds. The molecule has 24 heavy (non-hydrogen) atoms. The van der Waals surface area contributed by atoms with E-state index in [9.17, 15) is 9.59 Å². The van der Waals surface area contributed by atoms with Crippen LogP contribution in [0.15, 0.2) is 23.2 Å². The number of nitrogens with zero attached hydrogens (tertiary/aromatic N) is 1. The van der Waals surface area contributed by atoms with Gasteiger partial charge in [-0.15, -0.1) is 0 Å². The summed E-state index contributed by atoms with van der Waals surface area (Å²) in [6.07, 6.45) is 0.0261. The lowest BCUT2D eigenvalue weighted by molar-refractivity contribution is -0.122. The van der Waals surface area contributed by atoms with Crippen molar-refractivity contribution in [3.63, 3.8) is 0 Å². The fourth-order valence-corrected chi connectivity index (χ4v) is 3.68. The Morgan fingerprint density at radius 1 is 1.42 bits per heavy atom. The number of anilines is 1. The largest absolute Gasteiger partial charge is 0.382 e. The first kappa shape index (κ1) is 19.1. The number of amidine groups is 1. The number of amides is 2. The molecule has 2 N–H and O–H groups in total. The number of rotatable bonds is 6. The number of aliphatic imine (C=N–C) groups is 1. The Balaban J connectivity index is 1.93. The molecule has 1 aliphatic rings. The van der Waals surface area contributed by atoms with Crippen LogP contribution in [0.3, 0.4) is 0 Å². The van der Waals surface area contributed by atoms with E-state index in [1.165, 1.54) is 11.8 Å². The summed E-state index contributed by atoms with van der Waals surface area (Å²) in [6, 6.07) is 4.68. The number of carbonyl (C=O) groups is 2. The molecule has 0 saturated carbocycles. The molecule has 1 saturated heterocycles. The Bertz CT molecular complexity index is 649. The van der Waals surface area contributed by atoms with Gasteiger partial charge >= 0.3 is 0 Å². The van der Waals surface area contributed by atoms with Gasteiger partial charge in [0.15, 0.2) is 5.17 Å². The lowest BCUT2D eigenvalue weighted by Gasteiger charge is -2.08. The minimum atomic E-state index is -0.520. The highest BCUT2D eigenvalue weighted by Gasteiger charge is 2.32. The van der Waals surface area contributed by atoms with Gasteiger partial charge in [-0.05, 0) is 25.1 Å². The predicted molar refractivity (Wildman–Crippen MR) is 98.0 cm³/mol. The molecule has 0 radical (unpaired) electrons. The lowest BCUT2D eigenvalue weighted by atomic mass is 10.2. The first-order valence-electron chi connectivity index (χ1n) is 7.17. The molecule has 1 aromatic rings. The van der Waals surface area contributed by atoms with Crippen molar-refractivity contribution in [3.8, 4) is 0 Å². The summed E-state index contributed by atoms with van der Waals surface area (Å²) in [5.74, 6) is -0.533. The van der Waals surface area contributed by atoms with Gasteiger partial charge in [-0.25, -0.2) is 0 Å². The van der Waals surface area contributed by atoms with Crippen LogP contribution in [-0.2, 0) is 14.3 Å². The molecule has 1 aromatic carbocycles. The highest BCUT2D eigenvalue weighted by molar-refractivity contribution is 8.15. The molecule has 1 aliphatic heterocycles. The molecule has 0 bridgehead atoms. The smallest absolute Gasteiger partial charge is 0.240 e. The van der Waals surface area contributed by atoms with Crippen LogP contribution in [0.1, 0.15) is 13.3 Å². The Hall–Kier alpha value is -1.28. The average molecular weight is 390 g/mol. The molecule has 1 fully saturated rings. The van der Waals surface area contributed by atoms with E-state index < -0.39 is 5.25 Å². The van der Waals surface area contributed by atoms with E-state index in [1.807, 2.05) is 6.92 Å². The summed E-state index contributed by atoms with van der Waals surface area (Å²) < 4.78 is 5.00. The Labute approximate surface area is 154 Å². The minimum absolute atomic E-state index is 0.0261. The van der Waals surface area contributed by atoms with Crippen molar-refractivity contribution >= 4 is 57.6 Å². The third-order valence-electron chi connectivity index (χ3n) is 3.04. The van der Waals surface area contributed by atoms with Crippen molar-refractivity contribution < 1.29 is 14.3 Å². The number of carbonyl (C=O) groups excluding carboxylic acids is 2. The molecule has 130 valence electrons. The van der Waals surface area contributed by atoms with Crippen LogP contribution in [0, 0.1) is 0 Å². The van der Waals surface area contributed by atoms with E-state index in [1.54, 1.807) is 25.3 Å². The molecular weight excluding hydrogens is 373 g/mol. The van der Waals surface area contributed by atoms with Gasteiger partial charge in [0.25, 0.3) is 0 Å². The zero-order valence-electron chi connectivity index (χ0n) is 13.1. The van der Waals surface area contributed by atoms with Gasteiger partial charge < -0.3 is 15.4 Å². The summed E-state index contributed by atoms with van der Waals surface area (Å²) >= 11 is 13.0. The third kappa shape index (κ3) is 5.66. The predicted octanol–water partition coefficient (Wildman–Crippen LogP) is 2.94. The molecule has 2 unspecified atom stereocenters. The van der Waals surface area contributed by atoms with Gasteiger partial charge in [-0.3, -0.25) is 14.6 Å². The van der Waals surface area contributed by atoms with E-state index >= 15 is 0 Å². The number of nitrogens with one attached hydrogen (secondary N) is 2. The lowest BCUT2D eigenvalue weighted by Crippen LogP contribution is -2.28. The van der Waals surface area contributed by atoms with Crippen LogP contribution in [-0.4, -0.2) is 42.0 Å². The van der Waals surface area contributed by atoms with E-state index in [0.29, 0.717) is 27.5 Å². The monoisotopic (exact) mass is 389 g/mol. The molecule has 0 spiro atoms. The molecule has 2 rings (SSSR count). The second-order valence-electron chi connectivity index (χ2n) is 5.24. The van der Waals surface area contributed by atoms with Crippen LogP contribution in [0.5, 0.6) is 0 Å². The van der Waals surface area contributed by atoms with Crippen LogP contribution in [0.25, 0.3) is 0 Å². The third-order valence-corrected chi connectivity index (χ3v) is 4.57. The maximum absolute atomic E-state index is 12.1. The van der Waals surface area contributed by atoms with E-state index in [0.717, 1.165) is 0 Å². The summed E-state index contributed by atoms with van der Waals surface area (Å²) in [6.45, 7) is 2.34. The van der Waals surface area contributed by atoms with Gasteiger partial charge in [-0.1, -0.05) is 35.0 Å². The van der Waals surface area contributed by atoms with E-state index in [2.05, 4.69) is 15.6 Å². The number of halogens is 2. The average Bonchev–Trinajstić information content (AvgIpc) is 2.77. The molecule has 0 aromatic heterocycles. The van der Waals surface area contributed by atoms with Gasteiger partial charge in [0.1, 0.15) is 5.25 Å². The van der Waals surface area contributed by atoms with Crippen LogP contribution >= 0.6 is 35.0 Å². The van der Waals surface area contributed by atoms with E-state index in [-0.39, 0.29) is 24.3 Å². The SMILES string of the molecule is COCC(C)N=C1NC(=O)C(CC(=O)Nc2cc(Cl)cc(Cl)c2)S1. The molecule has 0 aliphatic carbocycles. The molecule has 9 heteroatoms. The summed E-state index contributed by atoms with van der Waals surface area (Å²) in [5, 5.41) is 6.20. The second kappa shape index (κ2) is 8.71. The van der Waals surface area contributed by atoms with Crippen molar-refractivity contribution in [2.45, 2.75) is 24.6 Å². The van der Waals surface area contributed by atoms with Crippen LogP contribution in [0.4, 0.5) is 5.69 Å². The molecule has 2 atom stereocenters.